The van der Waals surface area contributed by atoms with Crippen LogP contribution >= 0.6 is 0 Å². The largest absolute Gasteiger partial charge is 0.465 e. The Morgan fingerprint density at radius 3 is 2.50 bits per heavy atom. The number of hydrogen-bond donors (Lipinski definition) is 1. The van der Waals surface area contributed by atoms with Gasteiger partial charge in [-0.15, -0.1) is 0 Å². The van der Waals surface area contributed by atoms with Gasteiger partial charge in [0.2, 0.25) is 0 Å². The van der Waals surface area contributed by atoms with Crippen LogP contribution in [0, 0.1) is 12.8 Å². The van der Waals surface area contributed by atoms with E-state index in [2.05, 4.69) is 19.2 Å². The lowest BCUT2D eigenvalue weighted by Crippen LogP contribution is -2.38. The van der Waals surface area contributed by atoms with Crippen LogP contribution in [0.4, 0.5) is 4.79 Å². The van der Waals surface area contributed by atoms with E-state index in [1.54, 1.807) is 11.9 Å². The second-order valence-electron chi connectivity index (χ2n) is 7.04. The molecule has 5 heteroatoms. The first-order valence-electron chi connectivity index (χ1n) is 7.82. The van der Waals surface area contributed by atoms with E-state index in [0.717, 1.165) is 18.1 Å². The van der Waals surface area contributed by atoms with Gasteiger partial charge in [-0.1, -0.05) is 6.92 Å². The Labute approximate surface area is 134 Å². The lowest BCUT2D eigenvalue weighted by molar-refractivity contribution is 0.0276. The summed E-state index contributed by atoms with van der Waals surface area (Å²) >= 11 is 0. The Bertz CT molecular complexity index is 476. The predicted molar refractivity (Wildman–Crippen MR) is 87.9 cm³/mol. The summed E-state index contributed by atoms with van der Waals surface area (Å²) in [5.74, 6) is 2.17. The summed E-state index contributed by atoms with van der Waals surface area (Å²) in [6.07, 6.45) is -0.283. The quantitative estimate of drug-likeness (QED) is 0.869. The fourth-order valence-corrected chi connectivity index (χ4v) is 2.11. The molecule has 126 valence electrons. The van der Waals surface area contributed by atoms with Crippen molar-refractivity contribution >= 4 is 6.09 Å². The van der Waals surface area contributed by atoms with Crippen LogP contribution in [0.3, 0.4) is 0 Å². The molecule has 1 N–H and O–H groups in total. The van der Waals surface area contributed by atoms with E-state index < -0.39 is 5.60 Å². The first kappa shape index (κ1) is 18.6. The molecule has 1 rings (SSSR count). The van der Waals surface area contributed by atoms with E-state index >= 15 is 0 Å². The summed E-state index contributed by atoms with van der Waals surface area (Å²) < 4.78 is 11.0. The second-order valence-corrected chi connectivity index (χ2v) is 7.04. The van der Waals surface area contributed by atoms with Crippen LogP contribution < -0.4 is 5.32 Å². The summed E-state index contributed by atoms with van der Waals surface area (Å²) in [6, 6.07) is 4.11. The summed E-state index contributed by atoms with van der Waals surface area (Å²) in [4.78, 5) is 13.5. The fourth-order valence-electron chi connectivity index (χ4n) is 2.11. The normalized spacial score (nSPS) is 14.5. The molecule has 0 spiro atoms. The molecule has 0 saturated carbocycles. The average molecular weight is 310 g/mol. The molecule has 0 radical (unpaired) electrons. The molecule has 5 nitrogen and oxygen atoms in total. The zero-order valence-corrected chi connectivity index (χ0v) is 14.9. The molecule has 2 unspecified atom stereocenters. The maximum atomic E-state index is 11.9. The van der Waals surface area contributed by atoms with Crippen LogP contribution in [0.1, 0.15) is 52.2 Å². The highest BCUT2D eigenvalue weighted by Crippen LogP contribution is 2.16. The van der Waals surface area contributed by atoms with Crippen LogP contribution in [0.5, 0.6) is 0 Å². The van der Waals surface area contributed by atoms with Gasteiger partial charge < -0.3 is 19.4 Å². The molecule has 1 heterocycles. The Hall–Kier alpha value is -1.49. The first-order chi connectivity index (χ1) is 10.1. The minimum atomic E-state index is -0.460. The summed E-state index contributed by atoms with van der Waals surface area (Å²) in [5, 5.41) is 3.43. The number of carbonyl (C=O) groups is 1. The predicted octanol–water partition coefficient (Wildman–Crippen LogP) is 3.74. The van der Waals surface area contributed by atoms with Crippen molar-refractivity contribution in [1.29, 1.82) is 0 Å². The SMILES string of the molecule is Cc1ccc(C(C)NCC(C)CN(C)C(=O)OC(C)(C)C)o1. The zero-order valence-electron chi connectivity index (χ0n) is 14.9. The molecule has 1 aromatic heterocycles. The molecule has 22 heavy (non-hydrogen) atoms. The van der Waals surface area contributed by atoms with E-state index in [0.29, 0.717) is 12.5 Å². The molecule has 0 fully saturated rings. The summed E-state index contributed by atoms with van der Waals surface area (Å²) in [6.45, 7) is 13.2. The standard InChI is InChI=1S/C17H30N2O3/c1-12(11-19(7)16(20)22-17(4,5)6)10-18-14(3)15-9-8-13(2)21-15/h8-9,12,14,18H,10-11H2,1-7H3. The van der Waals surface area contributed by atoms with E-state index in [1.807, 2.05) is 39.8 Å². The number of nitrogens with one attached hydrogen (secondary N) is 1. The molecule has 0 aliphatic heterocycles. The molecule has 0 saturated heterocycles. The average Bonchev–Trinajstić information content (AvgIpc) is 2.80. The van der Waals surface area contributed by atoms with Crippen molar-refractivity contribution in [2.24, 2.45) is 5.92 Å². The first-order valence-corrected chi connectivity index (χ1v) is 7.82. The number of nitrogens with zero attached hydrogens (tertiary/aromatic N) is 1. The van der Waals surface area contributed by atoms with Crippen molar-refractivity contribution in [3.63, 3.8) is 0 Å². The molecule has 0 aromatic carbocycles. The Morgan fingerprint density at radius 1 is 1.36 bits per heavy atom. The molecule has 0 aliphatic carbocycles. The van der Waals surface area contributed by atoms with Crippen LogP contribution in [0.2, 0.25) is 0 Å². The smallest absolute Gasteiger partial charge is 0.410 e. The topological polar surface area (TPSA) is 54.7 Å². The van der Waals surface area contributed by atoms with Crippen LogP contribution in [0.15, 0.2) is 16.5 Å². The highest BCUT2D eigenvalue weighted by molar-refractivity contribution is 5.67. The minimum absolute atomic E-state index is 0.156. The molecule has 0 bridgehead atoms. The van der Waals surface area contributed by atoms with Gasteiger partial charge in [0.05, 0.1) is 6.04 Å². The number of amides is 1. The van der Waals surface area contributed by atoms with Crippen molar-refractivity contribution in [3.8, 4) is 0 Å². The van der Waals surface area contributed by atoms with Gasteiger partial charge in [0.1, 0.15) is 17.1 Å². The number of aryl methyl sites for hydroxylation is 1. The van der Waals surface area contributed by atoms with Crippen molar-refractivity contribution in [2.75, 3.05) is 20.1 Å². The van der Waals surface area contributed by atoms with Gasteiger partial charge >= 0.3 is 6.09 Å². The van der Waals surface area contributed by atoms with Crippen LogP contribution in [-0.2, 0) is 4.74 Å². The monoisotopic (exact) mass is 310 g/mol. The number of rotatable bonds is 6. The Balaban J connectivity index is 2.36. The third-order valence-electron chi connectivity index (χ3n) is 3.25. The van der Waals surface area contributed by atoms with E-state index in [1.165, 1.54) is 0 Å². The van der Waals surface area contributed by atoms with Gasteiger partial charge in [0.15, 0.2) is 0 Å². The molecule has 0 aliphatic rings. The van der Waals surface area contributed by atoms with E-state index in [-0.39, 0.29) is 12.1 Å². The summed E-state index contributed by atoms with van der Waals surface area (Å²) in [5.41, 5.74) is -0.460. The highest BCUT2D eigenvalue weighted by Gasteiger charge is 2.21. The second kappa shape index (κ2) is 7.68. The van der Waals surface area contributed by atoms with E-state index in [4.69, 9.17) is 9.15 Å². The number of carbonyl (C=O) groups excluding carboxylic acids is 1. The van der Waals surface area contributed by atoms with Crippen LogP contribution in [0.25, 0.3) is 0 Å². The number of hydrogen-bond acceptors (Lipinski definition) is 4. The molecule has 1 aromatic rings. The van der Waals surface area contributed by atoms with E-state index in [9.17, 15) is 4.79 Å². The van der Waals surface area contributed by atoms with Crippen molar-refractivity contribution < 1.29 is 13.9 Å². The van der Waals surface area contributed by atoms with Gasteiger partial charge in [-0.3, -0.25) is 0 Å². The van der Waals surface area contributed by atoms with Gasteiger partial charge in [0.25, 0.3) is 0 Å². The lowest BCUT2D eigenvalue weighted by Gasteiger charge is -2.27. The Kier molecular flexibility index (Phi) is 6.48. The third kappa shape index (κ3) is 6.52. The highest BCUT2D eigenvalue weighted by atomic mass is 16.6. The van der Waals surface area contributed by atoms with Crippen molar-refractivity contribution in [3.05, 3.63) is 23.7 Å². The molecule has 2 atom stereocenters. The lowest BCUT2D eigenvalue weighted by atomic mass is 10.1. The molecule has 1 amide bonds. The molecular formula is C17H30N2O3. The van der Waals surface area contributed by atoms with Crippen LogP contribution in [-0.4, -0.2) is 36.7 Å². The van der Waals surface area contributed by atoms with Gasteiger partial charge in [-0.25, -0.2) is 4.79 Å². The number of furan rings is 1. The Morgan fingerprint density at radius 2 is 2.00 bits per heavy atom. The maximum absolute atomic E-state index is 11.9. The zero-order chi connectivity index (χ0) is 16.9. The summed E-state index contributed by atoms with van der Waals surface area (Å²) in [7, 11) is 1.77. The van der Waals surface area contributed by atoms with Gasteiger partial charge in [-0.05, 0) is 52.7 Å². The maximum Gasteiger partial charge on any atom is 0.410 e. The third-order valence-corrected chi connectivity index (χ3v) is 3.25. The molecular weight excluding hydrogens is 280 g/mol. The van der Waals surface area contributed by atoms with Crippen molar-refractivity contribution in [1.82, 2.24) is 10.2 Å². The van der Waals surface area contributed by atoms with Crippen molar-refractivity contribution in [2.45, 2.75) is 53.2 Å². The minimum Gasteiger partial charge on any atom is -0.465 e. The van der Waals surface area contributed by atoms with Gasteiger partial charge in [-0.2, -0.15) is 0 Å². The number of ether oxygens (including phenoxy) is 1. The van der Waals surface area contributed by atoms with Gasteiger partial charge in [0, 0.05) is 20.1 Å². The fraction of sp³-hybridized carbons (Fsp3) is 0.706.